The molecule has 0 spiro atoms. The number of hydrogen-bond donors (Lipinski definition) is 1. The topological polar surface area (TPSA) is 46.2 Å². The predicted octanol–water partition coefficient (Wildman–Crippen LogP) is 3.25. The molecule has 0 saturated heterocycles. The summed E-state index contributed by atoms with van der Waals surface area (Å²) in [5.74, 6) is 1.76. The fourth-order valence-corrected chi connectivity index (χ4v) is 4.94. The monoisotopic (exact) mass is 321 g/mol. The fourth-order valence-electron chi connectivity index (χ4n) is 2.59. The first-order chi connectivity index (χ1) is 9.57. The Kier molecular flexibility index (Phi) is 9.21. The van der Waals surface area contributed by atoms with Gasteiger partial charge in [-0.1, -0.05) is 26.7 Å². The lowest BCUT2D eigenvalue weighted by Gasteiger charge is -2.20. The van der Waals surface area contributed by atoms with Gasteiger partial charge >= 0.3 is 0 Å². The van der Waals surface area contributed by atoms with Crippen molar-refractivity contribution >= 4 is 21.6 Å². The van der Waals surface area contributed by atoms with Gasteiger partial charge in [-0.3, -0.25) is 0 Å². The molecule has 1 aliphatic carbocycles. The molecule has 5 heteroatoms. The van der Waals surface area contributed by atoms with Crippen LogP contribution in [-0.2, 0) is 9.84 Å². The van der Waals surface area contributed by atoms with E-state index in [4.69, 9.17) is 0 Å². The van der Waals surface area contributed by atoms with Crippen LogP contribution in [0.15, 0.2) is 0 Å². The minimum Gasteiger partial charge on any atom is -0.313 e. The van der Waals surface area contributed by atoms with Crippen LogP contribution < -0.4 is 5.32 Å². The van der Waals surface area contributed by atoms with E-state index in [1.807, 2.05) is 0 Å². The van der Waals surface area contributed by atoms with Gasteiger partial charge < -0.3 is 5.32 Å². The van der Waals surface area contributed by atoms with E-state index in [0.29, 0.717) is 11.8 Å². The van der Waals surface area contributed by atoms with Crippen molar-refractivity contribution in [2.24, 2.45) is 0 Å². The molecule has 0 aromatic heterocycles. The number of rotatable bonds is 11. The molecular weight excluding hydrogens is 290 g/mol. The number of nitrogens with one attached hydrogen (secondary N) is 1. The lowest BCUT2D eigenvalue weighted by molar-refractivity contribution is 0.511. The Balaban J connectivity index is 2.27. The predicted molar refractivity (Wildman–Crippen MR) is 90.4 cm³/mol. The van der Waals surface area contributed by atoms with Crippen molar-refractivity contribution in [1.29, 1.82) is 0 Å². The highest BCUT2D eigenvalue weighted by Gasteiger charge is 2.18. The van der Waals surface area contributed by atoms with Crippen LogP contribution in [0.1, 0.15) is 58.8 Å². The minimum atomic E-state index is -2.80. The molecule has 1 N–H and O–H groups in total. The van der Waals surface area contributed by atoms with Gasteiger partial charge in [0, 0.05) is 22.8 Å². The maximum atomic E-state index is 11.5. The minimum absolute atomic E-state index is 0.275. The van der Waals surface area contributed by atoms with Gasteiger partial charge in [0.1, 0.15) is 9.84 Å². The molecule has 20 heavy (non-hydrogen) atoms. The van der Waals surface area contributed by atoms with Crippen molar-refractivity contribution in [3.8, 4) is 0 Å². The van der Waals surface area contributed by atoms with E-state index in [-0.39, 0.29) is 5.75 Å². The van der Waals surface area contributed by atoms with E-state index < -0.39 is 9.84 Å². The summed E-state index contributed by atoms with van der Waals surface area (Å²) in [6.07, 6.45) is 8.43. The Bertz CT molecular complexity index is 338. The lowest BCUT2D eigenvalue weighted by atomic mass is 10.2. The number of sulfone groups is 1. The van der Waals surface area contributed by atoms with E-state index in [1.54, 1.807) is 6.92 Å². The van der Waals surface area contributed by atoms with E-state index in [1.165, 1.54) is 25.7 Å². The summed E-state index contributed by atoms with van der Waals surface area (Å²) in [6.45, 7) is 4.95. The molecule has 0 aromatic rings. The molecule has 3 nitrogen and oxygen atoms in total. The molecule has 1 saturated carbocycles. The second kappa shape index (κ2) is 10.1. The molecule has 0 heterocycles. The highest BCUT2D eigenvalue weighted by Crippen LogP contribution is 2.30. The normalized spacial score (nSPS) is 18.5. The first kappa shape index (κ1) is 18.3. The van der Waals surface area contributed by atoms with Gasteiger partial charge in [-0.2, -0.15) is 11.8 Å². The van der Waals surface area contributed by atoms with E-state index in [9.17, 15) is 8.42 Å². The maximum absolute atomic E-state index is 11.5. The summed E-state index contributed by atoms with van der Waals surface area (Å²) in [7, 11) is -2.80. The Hall–Kier alpha value is 0.260. The average molecular weight is 322 g/mol. The largest absolute Gasteiger partial charge is 0.313 e. The molecule has 1 fully saturated rings. The molecule has 1 aliphatic rings. The smallest absolute Gasteiger partial charge is 0.150 e. The van der Waals surface area contributed by atoms with Gasteiger partial charge in [-0.05, 0) is 38.6 Å². The highest BCUT2D eigenvalue weighted by molar-refractivity contribution is 7.99. The van der Waals surface area contributed by atoms with Crippen molar-refractivity contribution in [1.82, 2.24) is 5.32 Å². The zero-order chi connectivity index (χ0) is 14.8. The van der Waals surface area contributed by atoms with Crippen LogP contribution in [0.2, 0.25) is 0 Å². The van der Waals surface area contributed by atoms with Crippen molar-refractivity contribution < 1.29 is 8.42 Å². The van der Waals surface area contributed by atoms with Gasteiger partial charge in [0.15, 0.2) is 0 Å². The molecule has 0 bridgehead atoms. The van der Waals surface area contributed by atoms with Crippen LogP contribution in [0.4, 0.5) is 0 Å². The van der Waals surface area contributed by atoms with Crippen molar-refractivity contribution in [2.75, 3.05) is 23.8 Å². The first-order valence-corrected chi connectivity index (χ1v) is 11.0. The van der Waals surface area contributed by atoms with Crippen LogP contribution >= 0.6 is 11.8 Å². The van der Waals surface area contributed by atoms with Gasteiger partial charge in [-0.15, -0.1) is 0 Å². The Morgan fingerprint density at radius 1 is 1.25 bits per heavy atom. The summed E-state index contributed by atoms with van der Waals surface area (Å²) >= 11 is 2.09. The molecule has 1 atom stereocenters. The zero-order valence-electron chi connectivity index (χ0n) is 13.1. The third-order valence-electron chi connectivity index (χ3n) is 3.97. The van der Waals surface area contributed by atoms with Gasteiger partial charge in [0.05, 0.1) is 5.75 Å². The number of hydrogen-bond acceptors (Lipinski definition) is 4. The van der Waals surface area contributed by atoms with Crippen LogP contribution in [0.3, 0.4) is 0 Å². The third-order valence-corrected chi connectivity index (χ3v) is 7.29. The summed E-state index contributed by atoms with van der Waals surface area (Å²) < 4.78 is 23.1. The van der Waals surface area contributed by atoms with Crippen molar-refractivity contribution in [3.63, 3.8) is 0 Å². The number of thioether (sulfide) groups is 1. The highest BCUT2D eigenvalue weighted by atomic mass is 32.2. The molecule has 120 valence electrons. The standard InChI is InChI=1S/C15H31NO2S2/c1-3-11-16-14(8-7-12-20(17,18)4-2)13-19-15-9-5-6-10-15/h14-16H,3-13H2,1-2H3. The molecular formula is C15H31NO2S2. The molecule has 0 aromatic carbocycles. The summed E-state index contributed by atoms with van der Waals surface area (Å²) in [5.41, 5.74) is 0. The molecule has 0 amide bonds. The average Bonchev–Trinajstić information content (AvgIpc) is 2.94. The van der Waals surface area contributed by atoms with Crippen molar-refractivity contribution in [2.45, 2.75) is 70.1 Å². The Morgan fingerprint density at radius 3 is 2.55 bits per heavy atom. The Morgan fingerprint density at radius 2 is 1.95 bits per heavy atom. The quantitative estimate of drug-likeness (QED) is 0.634. The lowest BCUT2D eigenvalue weighted by Crippen LogP contribution is -2.33. The zero-order valence-corrected chi connectivity index (χ0v) is 14.7. The molecule has 1 unspecified atom stereocenters. The van der Waals surface area contributed by atoms with Gasteiger partial charge in [-0.25, -0.2) is 8.42 Å². The summed E-state index contributed by atoms with van der Waals surface area (Å²) in [5, 5.41) is 4.43. The maximum Gasteiger partial charge on any atom is 0.150 e. The summed E-state index contributed by atoms with van der Waals surface area (Å²) in [4.78, 5) is 0. The van der Waals surface area contributed by atoms with Crippen molar-refractivity contribution in [3.05, 3.63) is 0 Å². The second-order valence-electron chi connectivity index (χ2n) is 5.77. The third kappa shape index (κ3) is 7.89. The van der Waals surface area contributed by atoms with E-state index in [2.05, 4.69) is 24.0 Å². The second-order valence-corrected chi connectivity index (χ2v) is 9.58. The Labute approximate surface area is 129 Å². The van der Waals surface area contributed by atoms with E-state index >= 15 is 0 Å². The van der Waals surface area contributed by atoms with Crippen LogP contribution in [0.5, 0.6) is 0 Å². The first-order valence-electron chi connectivity index (χ1n) is 8.12. The fraction of sp³-hybridized carbons (Fsp3) is 1.00. The van der Waals surface area contributed by atoms with Gasteiger partial charge in [0.25, 0.3) is 0 Å². The van der Waals surface area contributed by atoms with Crippen LogP contribution in [-0.4, -0.2) is 43.5 Å². The molecule has 0 radical (unpaired) electrons. The van der Waals surface area contributed by atoms with Crippen LogP contribution in [0, 0.1) is 0 Å². The van der Waals surface area contributed by atoms with Crippen LogP contribution in [0.25, 0.3) is 0 Å². The van der Waals surface area contributed by atoms with E-state index in [0.717, 1.165) is 36.8 Å². The molecule has 1 rings (SSSR count). The molecule has 0 aliphatic heterocycles. The summed E-state index contributed by atoms with van der Waals surface area (Å²) in [6, 6.07) is 0.479. The van der Waals surface area contributed by atoms with Gasteiger partial charge in [0.2, 0.25) is 0 Å². The SMILES string of the molecule is CCCNC(CCCS(=O)(=O)CC)CSC1CCCC1.